The molecule has 0 fully saturated rings. The third-order valence-corrected chi connectivity index (χ3v) is 5.56. The number of aromatic nitrogens is 2. The minimum Gasteiger partial charge on any atom is -0.382 e. The third-order valence-electron chi connectivity index (χ3n) is 2.68. The molecule has 2 aromatic heterocycles. The summed E-state index contributed by atoms with van der Waals surface area (Å²) in [5, 5.41) is 3.61. The van der Waals surface area contributed by atoms with Gasteiger partial charge in [0.05, 0.1) is 11.3 Å². The Bertz CT molecular complexity index is 705. The van der Waals surface area contributed by atoms with E-state index in [0.29, 0.717) is 12.4 Å². The molecule has 0 spiro atoms. The molecule has 110 valence electrons. The van der Waals surface area contributed by atoms with Gasteiger partial charge < -0.3 is 10.6 Å². The normalized spacial score (nSPS) is 11.8. The highest BCUT2D eigenvalue weighted by Crippen LogP contribution is 2.40. The van der Waals surface area contributed by atoms with Gasteiger partial charge in [0.15, 0.2) is 0 Å². The van der Waals surface area contributed by atoms with Gasteiger partial charge in [-0.15, -0.1) is 11.3 Å². The van der Waals surface area contributed by atoms with E-state index in [9.17, 15) is 8.42 Å². The predicted octanol–water partition coefficient (Wildman–Crippen LogP) is 1.64. The van der Waals surface area contributed by atoms with E-state index in [2.05, 4.69) is 9.36 Å². The molecule has 0 amide bonds. The molecule has 0 unspecified atom stereocenters. The second-order valence-electron chi connectivity index (χ2n) is 4.59. The van der Waals surface area contributed by atoms with Crippen LogP contribution in [0.1, 0.15) is 5.69 Å². The topological polar surface area (TPSA) is 89.2 Å². The summed E-state index contributed by atoms with van der Waals surface area (Å²) in [5.41, 5.74) is 7.65. The van der Waals surface area contributed by atoms with Gasteiger partial charge in [-0.2, -0.15) is 4.37 Å². The maximum atomic E-state index is 11.3. The first-order chi connectivity index (χ1) is 9.28. The SMILES string of the molecule is Cc1csc(-c2c(N)nsc2N(C)CCS(C)(=O)=O)n1. The van der Waals surface area contributed by atoms with E-state index in [1.807, 2.05) is 24.3 Å². The second-order valence-corrected chi connectivity index (χ2v) is 8.46. The van der Waals surface area contributed by atoms with Crippen LogP contribution in [0.25, 0.3) is 10.6 Å². The highest BCUT2D eigenvalue weighted by molar-refractivity contribution is 7.90. The molecule has 2 heterocycles. The van der Waals surface area contributed by atoms with Crippen molar-refractivity contribution < 1.29 is 8.42 Å². The number of nitrogens with zero attached hydrogens (tertiary/aromatic N) is 3. The summed E-state index contributed by atoms with van der Waals surface area (Å²) >= 11 is 2.77. The summed E-state index contributed by atoms with van der Waals surface area (Å²) in [7, 11) is -1.16. The molecule has 2 rings (SSSR count). The molecule has 0 aromatic carbocycles. The van der Waals surface area contributed by atoms with E-state index in [4.69, 9.17) is 5.73 Å². The van der Waals surface area contributed by atoms with Crippen molar-refractivity contribution in [3.8, 4) is 10.6 Å². The maximum Gasteiger partial charge on any atom is 0.149 e. The van der Waals surface area contributed by atoms with Gasteiger partial charge in [-0.1, -0.05) is 0 Å². The van der Waals surface area contributed by atoms with Gasteiger partial charge in [0.25, 0.3) is 0 Å². The molecule has 0 saturated heterocycles. The quantitative estimate of drug-likeness (QED) is 0.895. The van der Waals surface area contributed by atoms with Gasteiger partial charge in [-0.3, -0.25) is 0 Å². The molecular formula is C11H16N4O2S3. The zero-order chi connectivity index (χ0) is 14.9. The molecule has 0 aliphatic carbocycles. The summed E-state index contributed by atoms with van der Waals surface area (Å²) in [6, 6.07) is 0. The van der Waals surface area contributed by atoms with Crippen molar-refractivity contribution in [3.05, 3.63) is 11.1 Å². The van der Waals surface area contributed by atoms with E-state index < -0.39 is 9.84 Å². The lowest BCUT2D eigenvalue weighted by atomic mass is 10.3. The highest BCUT2D eigenvalue weighted by Gasteiger charge is 2.20. The summed E-state index contributed by atoms with van der Waals surface area (Å²) in [6.07, 6.45) is 1.23. The van der Waals surface area contributed by atoms with Crippen LogP contribution in [-0.4, -0.2) is 43.4 Å². The van der Waals surface area contributed by atoms with Crippen molar-refractivity contribution in [2.24, 2.45) is 0 Å². The van der Waals surface area contributed by atoms with E-state index >= 15 is 0 Å². The molecule has 20 heavy (non-hydrogen) atoms. The van der Waals surface area contributed by atoms with Crippen molar-refractivity contribution in [2.75, 3.05) is 36.2 Å². The molecule has 0 saturated carbocycles. The Labute approximate surface area is 126 Å². The molecule has 0 atom stereocenters. The number of aryl methyl sites for hydroxylation is 1. The number of anilines is 2. The van der Waals surface area contributed by atoms with Crippen molar-refractivity contribution in [2.45, 2.75) is 6.92 Å². The van der Waals surface area contributed by atoms with Gasteiger partial charge in [-0.05, 0) is 18.5 Å². The maximum absolute atomic E-state index is 11.3. The van der Waals surface area contributed by atoms with E-state index in [-0.39, 0.29) is 5.75 Å². The molecule has 6 nitrogen and oxygen atoms in total. The molecule has 0 aliphatic rings. The number of rotatable bonds is 5. The summed E-state index contributed by atoms with van der Waals surface area (Å²) in [4.78, 5) is 6.29. The molecule has 0 radical (unpaired) electrons. The van der Waals surface area contributed by atoms with Crippen LogP contribution in [0, 0.1) is 6.92 Å². The fraction of sp³-hybridized carbons (Fsp3) is 0.455. The Morgan fingerprint density at radius 1 is 1.45 bits per heavy atom. The van der Waals surface area contributed by atoms with E-state index in [0.717, 1.165) is 21.3 Å². The number of thiazole rings is 1. The minimum absolute atomic E-state index is 0.0949. The molecule has 0 aliphatic heterocycles. The molecule has 2 aromatic rings. The summed E-state index contributed by atoms with van der Waals surface area (Å²) < 4.78 is 26.7. The fourth-order valence-corrected chi connectivity index (χ4v) is 3.95. The van der Waals surface area contributed by atoms with Gasteiger partial charge in [0.2, 0.25) is 0 Å². The van der Waals surface area contributed by atoms with Crippen molar-refractivity contribution >= 4 is 43.5 Å². The lowest BCUT2D eigenvalue weighted by Crippen LogP contribution is -2.24. The largest absolute Gasteiger partial charge is 0.382 e. The van der Waals surface area contributed by atoms with Crippen LogP contribution in [-0.2, 0) is 9.84 Å². The van der Waals surface area contributed by atoms with Crippen LogP contribution < -0.4 is 10.6 Å². The molecule has 0 bridgehead atoms. The number of nitrogen functional groups attached to an aromatic ring is 1. The van der Waals surface area contributed by atoms with Crippen molar-refractivity contribution in [1.29, 1.82) is 0 Å². The zero-order valence-electron chi connectivity index (χ0n) is 11.5. The van der Waals surface area contributed by atoms with Crippen LogP contribution in [0.15, 0.2) is 5.38 Å². The van der Waals surface area contributed by atoms with Crippen LogP contribution in [0.4, 0.5) is 10.8 Å². The first-order valence-corrected chi connectivity index (χ1v) is 9.56. The van der Waals surface area contributed by atoms with Gasteiger partial charge in [0.1, 0.15) is 25.7 Å². The number of hydrogen-bond acceptors (Lipinski definition) is 8. The van der Waals surface area contributed by atoms with Crippen LogP contribution in [0.2, 0.25) is 0 Å². The number of hydrogen-bond donors (Lipinski definition) is 1. The predicted molar refractivity (Wildman–Crippen MR) is 85.4 cm³/mol. The first-order valence-electron chi connectivity index (χ1n) is 5.84. The van der Waals surface area contributed by atoms with Crippen LogP contribution >= 0.6 is 22.9 Å². The van der Waals surface area contributed by atoms with Crippen molar-refractivity contribution in [3.63, 3.8) is 0 Å². The molecule has 9 heteroatoms. The molecular weight excluding hydrogens is 316 g/mol. The van der Waals surface area contributed by atoms with Gasteiger partial charge in [-0.25, -0.2) is 13.4 Å². The molecule has 2 N–H and O–H groups in total. The Morgan fingerprint density at radius 3 is 2.70 bits per heavy atom. The minimum atomic E-state index is -3.00. The monoisotopic (exact) mass is 332 g/mol. The number of sulfone groups is 1. The van der Waals surface area contributed by atoms with Gasteiger partial charge >= 0.3 is 0 Å². The van der Waals surface area contributed by atoms with E-state index in [1.165, 1.54) is 29.1 Å². The smallest absolute Gasteiger partial charge is 0.149 e. The Balaban J connectivity index is 2.29. The Kier molecular flexibility index (Phi) is 4.31. The van der Waals surface area contributed by atoms with Crippen LogP contribution in [0.5, 0.6) is 0 Å². The van der Waals surface area contributed by atoms with Crippen molar-refractivity contribution in [1.82, 2.24) is 9.36 Å². The number of nitrogens with two attached hydrogens (primary N) is 1. The lowest BCUT2D eigenvalue weighted by Gasteiger charge is -2.17. The Morgan fingerprint density at radius 2 is 2.15 bits per heavy atom. The van der Waals surface area contributed by atoms with Gasteiger partial charge in [0, 0.05) is 30.9 Å². The second kappa shape index (κ2) is 5.66. The average molecular weight is 332 g/mol. The average Bonchev–Trinajstić information content (AvgIpc) is 2.91. The zero-order valence-corrected chi connectivity index (χ0v) is 13.9. The Hall–Kier alpha value is -1.19. The summed E-state index contributed by atoms with van der Waals surface area (Å²) in [6.45, 7) is 2.32. The van der Waals surface area contributed by atoms with E-state index in [1.54, 1.807) is 0 Å². The van der Waals surface area contributed by atoms with Crippen LogP contribution in [0.3, 0.4) is 0 Å². The lowest BCUT2D eigenvalue weighted by molar-refractivity contribution is 0.601. The highest BCUT2D eigenvalue weighted by atomic mass is 32.2. The first kappa shape index (κ1) is 15.2. The fourth-order valence-electron chi connectivity index (χ4n) is 1.63. The summed E-state index contributed by atoms with van der Waals surface area (Å²) in [5.74, 6) is 0.531. The standard InChI is InChI=1S/C11H16N4O2S3/c1-7-6-18-10(13-7)8-9(12)14-19-11(8)15(2)4-5-20(3,16)17/h6H,4-5H2,1-3H3,(H2,12,14). The third kappa shape index (κ3) is 3.47.